The quantitative estimate of drug-likeness (QED) is 0.418. The van der Waals surface area contributed by atoms with E-state index in [-0.39, 0.29) is 34.9 Å². The number of nitrogen functional groups attached to an aromatic ring is 1. The van der Waals surface area contributed by atoms with Gasteiger partial charge in [0.25, 0.3) is 0 Å². The lowest BCUT2D eigenvalue weighted by molar-refractivity contribution is -0.146. The molecule has 0 spiro atoms. The summed E-state index contributed by atoms with van der Waals surface area (Å²) in [6, 6.07) is 4.14. The first-order valence-corrected chi connectivity index (χ1v) is 5.40. The molecule has 0 amide bonds. The van der Waals surface area contributed by atoms with Crippen molar-refractivity contribution >= 4 is 29.0 Å². The molecule has 1 rings (SSSR count). The largest absolute Gasteiger partial charge is 0.479 e. The molecule has 0 aromatic heterocycles. The Bertz CT molecular complexity index is 447. The third-order valence-electron chi connectivity index (χ3n) is 2.23. The monoisotopic (exact) mass is 257 g/mol. The van der Waals surface area contributed by atoms with Gasteiger partial charge in [-0.3, -0.25) is 4.79 Å². The molecule has 92 valence electrons. The minimum absolute atomic E-state index is 0.00684. The van der Waals surface area contributed by atoms with E-state index in [2.05, 4.69) is 0 Å². The lowest BCUT2D eigenvalue weighted by atomic mass is 9.97. The van der Waals surface area contributed by atoms with Crippen molar-refractivity contribution in [2.75, 3.05) is 11.6 Å². The van der Waals surface area contributed by atoms with E-state index in [0.29, 0.717) is 0 Å². The number of alkyl halides is 1. The first kappa shape index (κ1) is 13.5. The van der Waals surface area contributed by atoms with E-state index >= 15 is 0 Å². The van der Waals surface area contributed by atoms with Crippen LogP contribution in [-0.4, -0.2) is 27.8 Å². The van der Waals surface area contributed by atoms with Gasteiger partial charge in [0.1, 0.15) is 0 Å². The van der Waals surface area contributed by atoms with E-state index in [1.165, 1.54) is 18.2 Å². The van der Waals surface area contributed by atoms with E-state index in [4.69, 9.17) is 22.4 Å². The molecule has 0 aliphatic heterocycles. The molecule has 0 aliphatic carbocycles. The lowest BCUT2D eigenvalue weighted by Crippen LogP contribution is -2.15. The molecule has 6 heteroatoms. The van der Waals surface area contributed by atoms with Crippen LogP contribution >= 0.6 is 11.6 Å². The molecule has 1 atom stereocenters. The Morgan fingerprint density at radius 2 is 2.06 bits per heavy atom. The molecule has 0 bridgehead atoms. The van der Waals surface area contributed by atoms with E-state index < -0.39 is 12.1 Å². The topological polar surface area (TPSA) is 101 Å². The number of aliphatic hydroxyl groups is 1. The second-order valence-electron chi connectivity index (χ2n) is 3.45. The maximum absolute atomic E-state index is 11.7. The molecule has 5 nitrogen and oxygen atoms in total. The Kier molecular flexibility index (Phi) is 4.48. The number of hydrogen-bond donors (Lipinski definition) is 3. The highest BCUT2D eigenvalue weighted by atomic mass is 35.5. The van der Waals surface area contributed by atoms with Crippen molar-refractivity contribution in [3.05, 3.63) is 29.3 Å². The van der Waals surface area contributed by atoms with Gasteiger partial charge in [0.05, 0.1) is 0 Å². The first-order valence-electron chi connectivity index (χ1n) is 4.86. The number of carboxylic acid groups (broad SMARTS) is 1. The fraction of sp³-hybridized carbons (Fsp3) is 0.273. The van der Waals surface area contributed by atoms with Crippen LogP contribution in [0, 0.1) is 0 Å². The van der Waals surface area contributed by atoms with Gasteiger partial charge in [-0.1, -0.05) is 0 Å². The standard InChI is InChI=1S/C11H12ClNO4/c12-4-3-9(14)7-2-1-6(13)5-8(7)10(15)11(16)17/h1-2,5,10,15H,3-4,13H2,(H,16,17). The molecule has 4 N–H and O–H groups in total. The van der Waals surface area contributed by atoms with Gasteiger partial charge in [-0.25, -0.2) is 4.79 Å². The SMILES string of the molecule is Nc1ccc(C(=O)CCCl)c(C(O)C(=O)O)c1. The van der Waals surface area contributed by atoms with Crippen LogP contribution in [0.25, 0.3) is 0 Å². The second-order valence-corrected chi connectivity index (χ2v) is 3.83. The summed E-state index contributed by atoms with van der Waals surface area (Å²) in [5.41, 5.74) is 5.91. The third-order valence-corrected chi connectivity index (χ3v) is 2.42. The zero-order valence-electron chi connectivity index (χ0n) is 8.89. The molecule has 1 aromatic rings. The number of aliphatic hydroxyl groups excluding tert-OH is 1. The Morgan fingerprint density at radius 3 is 2.59 bits per heavy atom. The Balaban J connectivity index is 3.21. The number of anilines is 1. The van der Waals surface area contributed by atoms with Crippen molar-refractivity contribution in [2.45, 2.75) is 12.5 Å². The average Bonchev–Trinajstić information content (AvgIpc) is 2.28. The van der Waals surface area contributed by atoms with Crippen LogP contribution in [0.3, 0.4) is 0 Å². The zero-order valence-corrected chi connectivity index (χ0v) is 9.65. The predicted molar refractivity (Wildman–Crippen MR) is 63.1 cm³/mol. The van der Waals surface area contributed by atoms with Crippen molar-refractivity contribution in [1.82, 2.24) is 0 Å². The Hall–Kier alpha value is -1.59. The molecular formula is C11H12ClNO4. The van der Waals surface area contributed by atoms with Gasteiger partial charge in [0, 0.05) is 29.1 Å². The van der Waals surface area contributed by atoms with Gasteiger partial charge < -0.3 is 15.9 Å². The summed E-state index contributed by atoms with van der Waals surface area (Å²) < 4.78 is 0. The summed E-state index contributed by atoms with van der Waals surface area (Å²) in [6.45, 7) is 0. The number of carboxylic acids is 1. The molecule has 17 heavy (non-hydrogen) atoms. The van der Waals surface area contributed by atoms with Crippen LogP contribution in [0.15, 0.2) is 18.2 Å². The highest BCUT2D eigenvalue weighted by Gasteiger charge is 2.22. The molecule has 0 saturated carbocycles. The summed E-state index contributed by atoms with van der Waals surface area (Å²) in [5, 5.41) is 18.2. The number of rotatable bonds is 5. The van der Waals surface area contributed by atoms with Crippen molar-refractivity contribution in [1.29, 1.82) is 0 Å². The second kappa shape index (κ2) is 5.65. The van der Waals surface area contributed by atoms with E-state index in [0.717, 1.165) is 0 Å². The molecule has 0 radical (unpaired) electrons. The van der Waals surface area contributed by atoms with Crippen LogP contribution in [-0.2, 0) is 4.79 Å². The maximum Gasteiger partial charge on any atom is 0.337 e. The molecular weight excluding hydrogens is 246 g/mol. The van der Waals surface area contributed by atoms with Gasteiger partial charge in [-0.2, -0.15) is 0 Å². The van der Waals surface area contributed by atoms with Gasteiger partial charge in [-0.15, -0.1) is 11.6 Å². The van der Waals surface area contributed by atoms with Crippen LogP contribution in [0.4, 0.5) is 5.69 Å². The van der Waals surface area contributed by atoms with Crippen LogP contribution in [0.2, 0.25) is 0 Å². The van der Waals surface area contributed by atoms with E-state index in [1.807, 2.05) is 0 Å². The maximum atomic E-state index is 11.7. The number of halogens is 1. The van der Waals surface area contributed by atoms with Crippen molar-refractivity contribution in [3.8, 4) is 0 Å². The van der Waals surface area contributed by atoms with Crippen LogP contribution in [0.1, 0.15) is 28.4 Å². The fourth-order valence-corrected chi connectivity index (χ4v) is 1.59. The first-order chi connectivity index (χ1) is 7.97. The van der Waals surface area contributed by atoms with Gasteiger partial charge in [0.2, 0.25) is 0 Å². The Labute approximate surface area is 103 Å². The Morgan fingerprint density at radius 1 is 1.41 bits per heavy atom. The number of hydrogen-bond acceptors (Lipinski definition) is 4. The number of nitrogens with two attached hydrogens (primary N) is 1. The highest BCUT2D eigenvalue weighted by molar-refractivity contribution is 6.19. The predicted octanol–water partition coefficient (Wildman–Crippen LogP) is 1.20. The number of carbonyl (C=O) groups is 2. The lowest BCUT2D eigenvalue weighted by Gasteiger charge is -2.12. The van der Waals surface area contributed by atoms with Gasteiger partial charge in [-0.05, 0) is 18.2 Å². The summed E-state index contributed by atoms with van der Waals surface area (Å²) in [6.07, 6.45) is -1.70. The molecule has 1 unspecified atom stereocenters. The van der Waals surface area contributed by atoms with Crippen molar-refractivity contribution in [3.63, 3.8) is 0 Å². The van der Waals surface area contributed by atoms with Crippen molar-refractivity contribution < 1.29 is 19.8 Å². The van der Waals surface area contributed by atoms with E-state index in [9.17, 15) is 14.7 Å². The zero-order chi connectivity index (χ0) is 13.0. The fourth-order valence-electron chi connectivity index (χ4n) is 1.41. The van der Waals surface area contributed by atoms with Crippen molar-refractivity contribution in [2.24, 2.45) is 0 Å². The number of ketones is 1. The molecule has 1 aromatic carbocycles. The number of carbonyl (C=O) groups excluding carboxylic acids is 1. The average molecular weight is 258 g/mol. The number of aliphatic carboxylic acids is 1. The summed E-state index contributed by atoms with van der Waals surface area (Å²) in [7, 11) is 0. The minimum atomic E-state index is -1.77. The summed E-state index contributed by atoms with van der Waals surface area (Å²) in [4.78, 5) is 22.4. The van der Waals surface area contributed by atoms with Gasteiger partial charge >= 0.3 is 5.97 Å². The van der Waals surface area contributed by atoms with E-state index in [1.54, 1.807) is 0 Å². The summed E-state index contributed by atoms with van der Waals surface area (Å²) >= 11 is 5.45. The molecule has 0 saturated heterocycles. The number of Topliss-reactive ketones (excluding diaryl/α,β-unsaturated/α-hetero) is 1. The number of benzene rings is 1. The van der Waals surface area contributed by atoms with Crippen LogP contribution < -0.4 is 5.73 Å². The smallest absolute Gasteiger partial charge is 0.337 e. The van der Waals surface area contributed by atoms with Crippen LogP contribution in [0.5, 0.6) is 0 Å². The summed E-state index contributed by atoms with van der Waals surface area (Å²) in [5.74, 6) is -1.63. The highest BCUT2D eigenvalue weighted by Crippen LogP contribution is 2.22. The third kappa shape index (κ3) is 3.18. The minimum Gasteiger partial charge on any atom is -0.479 e. The molecule has 0 aliphatic rings. The van der Waals surface area contributed by atoms with Gasteiger partial charge in [0.15, 0.2) is 11.9 Å². The molecule has 0 heterocycles. The molecule has 0 fully saturated rings. The normalized spacial score (nSPS) is 12.1.